The molecule has 1 aliphatic rings. The molecule has 3 aromatic rings. The van der Waals surface area contributed by atoms with Crippen molar-refractivity contribution in [3.05, 3.63) is 92.8 Å². The Morgan fingerprint density at radius 3 is 2.49 bits per heavy atom. The lowest BCUT2D eigenvalue weighted by atomic mass is 9.83. The number of ether oxygens (including phenoxy) is 4. The third kappa shape index (κ3) is 6.42. The van der Waals surface area contributed by atoms with Gasteiger partial charge in [-0.2, -0.15) is 5.26 Å². The monoisotopic (exact) mass is 566 g/mol. The number of nitriles is 1. The maximum Gasteiger partial charge on any atom is 0.343 e. The summed E-state index contributed by atoms with van der Waals surface area (Å²) in [4.78, 5) is 12.9. The molecule has 0 spiro atoms. The van der Waals surface area contributed by atoms with Crippen molar-refractivity contribution in [2.45, 2.75) is 33.1 Å². The number of hydrogen-bond donors (Lipinski definition) is 1. The molecule has 0 radical (unpaired) electrons. The predicted molar refractivity (Wildman–Crippen MR) is 150 cm³/mol. The summed E-state index contributed by atoms with van der Waals surface area (Å²) in [6.07, 6.45) is 0.928. The minimum absolute atomic E-state index is 0.0188. The van der Waals surface area contributed by atoms with Crippen molar-refractivity contribution in [2.24, 2.45) is 11.7 Å². The molecule has 0 aliphatic carbocycles. The minimum atomic E-state index is -0.665. The Morgan fingerprint density at radius 1 is 1.08 bits per heavy atom. The van der Waals surface area contributed by atoms with Gasteiger partial charge in [0.25, 0.3) is 0 Å². The van der Waals surface area contributed by atoms with Crippen LogP contribution in [0.5, 0.6) is 23.0 Å². The van der Waals surface area contributed by atoms with Gasteiger partial charge in [0.1, 0.15) is 28.9 Å². The number of nitrogens with zero attached hydrogens (tertiary/aromatic N) is 1. The Kier molecular flexibility index (Phi) is 8.90. The first-order chi connectivity index (χ1) is 18.7. The lowest BCUT2D eigenvalue weighted by Crippen LogP contribution is -2.21. The van der Waals surface area contributed by atoms with Gasteiger partial charge in [-0.1, -0.05) is 55.2 Å². The molecule has 1 unspecified atom stereocenters. The molecule has 1 atom stereocenters. The third-order valence-electron chi connectivity index (χ3n) is 6.08. The largest absolute Gasteiger partial charge is 0.494 e. The molecule has 1 heterocycles. The van der Waals surface area contributed by atoms with Crippen LogP contribution in [0.4, 0.5) is 0 Å². The van der Waals surface area contributed by atoms with E-state index in [4.69, 9.17) is 47.9 Å². The van der Waals surface area contributed by atoms with Crippen molar-refractivity contribution in [3.8, 4) is 29.1 Å². The molecule has 0 fully saturated rings. The van der Waals surface area contributed by atoms with Gasteiger partial charge in [0.2, 0.25) is 5.88 Å². The van der Waals surface area contributed by atoms with Gasteiger partial charge in [0.15, 0.2) is 5.75 Å². The van der Waals surface area contributed by atoms with E-state index in [9.17, 15) is 10.1 Å². The number of halogens is 2. The summed E-state index contributed by atoms with van der Waals surface area (Å²) in [5.74, 6) is 0.950. The number of nitrogens with two attached hydrogens (primary N) is 1. The van der Waals surface area contributed by atoms with E-state index >= 15 is 0 Å². The third-order valence-corrected chi connectivity index (χ3v) is 6.64. The fourth-order valence-corrected chi connectivity index (χ4v) is 4.76. The number of carbonyl (C=O) groups excluding carboxylic acids is 1. The Bertz CT molecular complexity index is 1440. The van der Waals surface area contributed by atoms with Crippen molar-refractivity contribution in [3.63, 3.8) is 0 Å². The van der Waals surface area contributed by atoms with Crippen LogP contribution in [0.3, 0.4) is 0 Å². The molecular weight excluding hydrogens is 539 g/mol. The highest BCUT2D eigenvalue weighted by Crippen LogP contribution is 2.44. The maximum absolute atomic E-state index is 12.9. The molecule has 0 aromatic heterocycles. The zero-order chi connectivity index (χ0) is 28.1. The quantitative estimate of drug-likeness (QED) is 0.215. The minimum Gasteiger partial charge on any atom is -0.494 e. The van der Waals surface area contributed by atoms with Crippen molar-refractivity contribution >= 4 is 29.2 Å². The van der Waals surface area contributed by atoms with Gasteiger partial charge in [-0.05, 0) is 55.2 Å². The van der Waals surface area contributed by atoms with Crippen LogP contribution >= 0.6 is 23.2 Å². The van der Waals surface area contributed by atoms with Gasteiger partial charge < -0.3 is 24.7 Å². The standard InChI is InChI=1S/C30H28Cl2N2O5/c1-4-36-28-24(31)13-19(14-25(28)32)30(35)38-21-8-9-22-26(15-21)39-29(34)23(16-33)27(22)18-6-5-7-20(12-18)37-11-10-17(2)3/h5-9,12-15,17,27H,4,10-11,34H2,1-3H3. The number of esters is 1. The normalized spacial score (nSPS) is 14.3. The first-order valence-corrected chi connectivity index (χ1v) is 13.3. The first-order valence-electron chi connectivity index (χ1n) is 12.5. The highest BCUT2D eigenvalue weighted by molar-refractivity contribution is 6.37. The van der Waals surface area contributed by atoms with Gasteiger partial charge in [-0.25, -0.2) is 4.79 Å². The van der Waals surface area contributed by atoms with Crippen LogP contribution in [0, 0.1) is 17.2 Å². The maximum atomic E-state index is 12.9. The average Bonchev–Trinajstić information content (AvgIpc) is 2.89. The van der Waals surface area contributed by atoms with Crippen LogP contribution in [-0.2, 0) is 0 Å². The fourth-order valence-electron chi connectivity index (χ4n) is 4.16. The lowest BCUT2D eigenvalue weighted by Gasteiger charge is -2.27. The van der Waals surface area contributed by atoms with Crippen molar-refractivity contribution < 1.29 is 23.7 Å². The number of carbonyl (C=O) groups is 1. The predicted octanol–water partition coefficient (Wildman–Crippen LogP) is 7.25. The van der Waals surface area contributed by atoms with Crippen LogP contribution in [-0.4, -0.2) is 19.2 Å². The summed E-state index contributed by atoms with van der Waals surface area (Å²) < 4.78 is 22.7. The summed E-state index contributed by atoms with van der Waals surface area (Å²) in [6.45, 7) is 7.05. The second kappa shape index (κ2) is 12.3. The number of allylic oxidation sites excluding steroid dienone is 1. The average molecular weight is 567 g/mol. The molecule has 3 aromatic carbocycles. The molecule has 0 saturated heterocycles. The second-order valence-corrected chi connectivity index (χ2v) is 10.1. The molecule has 0 saturated carbocycles. The molecule has 0 bridgehead atoms. The van der Waals surface area contributed by atoms with Crippen LogP contribution < -0.4 is 24.7 Å². The molecule has 39 heavy (non-hydrogen) atoms. The van der Waals surface area contributed by atoms with E-state index in [0.29, 0.717) is 41.9 Å². The van der Waals surface area contributed by atoms with Crippen molar-refractivity contribution in [1.29, 1.82) is 5.26 Å². The van der Waals surface area contributed by atoms with Gasteiger partial charge in [-0.15, -0.1) is 0 Å². The van der Waals surface area contributed by atoms with Crippen molar-refractivity contribution in [2.75, 3.05) is 13.2 Å². The van der Waals surface area contributed by atoms with Gasteiger partial charge >= 0.3 is 5.97 Å². The fraction of sp³-hybridized carbons (Fsp3) is 0.267. The number of hydrogen-bond acceptors (Lipinski definition) is 7. The van der Waals surface area contributed by atoms with Crippen LogP contribution in [0.25, 0.3) is 0 Å². The number of rotatable bonds is 9. The van der Waals surface area contributed by atoms with E-state index in [1.165, 1.54) is 12.1 Å². The molecule has 202 valence electrons. The number of fused-ring (bicyclic) bond motifs is 1. The van der Waals surface area contributed by atoms with E-state index in [1.807, 2.05) is 24.3 Å². The lowest BCUT2D eigenvalue weighted by molar-refractivity contribution is 0.0734. The molecule has 2 N–H and O–H groups in total. The van der Waals surface area contributed by atoms with Gasteiger partial charge in [-0.3, -0.25) is 0 Å². The zero-order valence-corrected chi connectivity index (χ0v) is 23.3. The highest BCUT2D eigenvalue weighted by atomic mass is 35.5. The molecule has 1 aliphatic heterocycles. The molecule has 0 amide bonds. The summed E-state index contributed by atoms with van der Waals surface area (Å²) in [6, 6.07) is 17.5. The van der Waals surface area contributed by atoms with Crippen LogP contribution in [0.15, 0.2) is 66.1 Å². The molecule has 4 rings (SSSR count). The highest BCUT2D eigenvalue weighted by Gasteiger charge is 2.31. The van der Waals surface area contributed by atoms with Crippen molar-refractivity contribution in [1.82, 2.24) is 0 Å². The summed E-state index contributed by atoms with van der Waals surface area (Å²) in [5, 5.41) is 10.3. The Morgan fingerprint density at radius 2 is 1.82 bits per heavy atom. The van der Waals surface area contributed by atoms with E-state index in [1.54, 1.807) is 25.1 Å². The first kappa shape index (κ1) is 28.2. The SMILES string of the molecule is CCOc1c(Cl)cc(C(=O)Oc2ccc3c(c2)OC(N)=C(C#N)C3c2cccc(OCCC(C)C)c2)cc1Cl. The van der Waals surface area contributed by atoms with E-state index in [-0.39, 0.29) is 32.8 Å². The Balaban J connectivity index is 1.61. The van der Waals surface area contributed by atoms with E-state index in [0.717, 1.165) is 12.0 Å². The number of benzene rings is 3. The van der Waals surface area contributed by atoms with Gasteiger partial charge in [0, 0.05) is 11.6 Å². The summed E-state index contributed by atoms with van der Waals surface area (Å²) in [7, 11) is 0. The van der Waals surface area contributed by atoms with Crippen LogP contribution in [0.1, 0.15) is 54.6 Å². The molecule has 7 nitrogen and oxygen atoms in total. The Hall–Kier alpha value is -3.86. The molecule has 9 heteroatoms. The second-order valence-electron chi connectivity index (χ2n) is 9.32. The van der Waals surface area contributed by atoms with E-state index < -0.39 is 11.9 Å². The summed E-state index contributed by atoms with van der Waals surface area (Å²) in [5.41, 5.74) is 8.12. The Labute approximate surface area is 237 Å². The topological polar surface area (TPSA) is 104 Å². The zero-order valence-electron chi connectivity index (χ0n) is 21.8. The smallest absolute Gasteiger partial charge is 0.343 e. The molecular formula is C30H28Cl2N2O5. The van der Waals surface area contributed by atoms with E-state index in [2.05, 4.69) is 19.9 Å². The summed E-state index contributed by atoms with van der Waals surface area (Å²) >= 11 is 12.5. The van der Waals surface area contributed by atoms with Crippen LogP contribution in [0.2, 0.25) is 10.0 Å². The van der Waals surface area contributed by atoms with Gasteiger partial charge in [0.05, 0.1) is 34.7 Å².